The summed E-state index contributed by atoms with van der Waals surface area (Å²) in [6, 6.07) is 5.03. The molecule has 0 saturated heterocycles. The van der Waals surface area contributed by atoms with Gasteiger partial charge in [-0.25, -0.2) is 4.39 Å². The summed E-state index contributed by atoms with van der Waals surface area (Å²) in [5.41, 5.74) is 2.92. The molecule has 1 aromatic carbocycles. The average Bonchev–Trinajstić information content (AvgIpc) is 2.66. The Hall–Kier alpha value is -1.88. The molecule has 0 aliphatic rings. The first-order valence-corrected chi connectivity index (χ1v) is 6.03. The van der Waals surface area contributed by atoms with E-state index in [9.17, 15) is 9.50 Å². The summed E-state index contributed by atoms with van der Waals surface area (Å²) in [6.07, 6.45) is 0. The van der Waals surface area contributed by atoms with E-state index in [2.05, 4.69) is 5.10 Å². The normalized spacial score (nSPS) is 10.8. The highest BCUT2D eigenvalue weighted by molar-refractivity contribution is 5.32. The van der Waals surface area contributed by atoms with Gasteiger partial charge in [0.05, 0.1) is 26.0 Å². The predicted octanol–water partition coefficient (Wildman–Crippen LogP) is 2.19. The van der Waals surface area contributed by atoms with Gasteiger partial charge in [0.1, 0.15) is 0 Å². The molecule has 1 heterocycles. The monoisotopic (exact) mass is 264 g/mol. The van der Waals surface area contributed by atoms with Crippen LogP contribution in [0, 0.1) is 19.7 Å². The van der Waals surface area contributed by atoms with Crippen molar-refractivity contribution in [3.8, 4) is 5.75 Å². The fourth-order valence-corrected chi connectivity index (χ4v) is 2.11. The minimum atomic E-state index is -0.372. The lowest BCUT2D eigenvalue weighted by Gasteiger charge is -2.09. The topological polar surface area (TPSA) is 47.3 Å². The van der Waals surface area contributed by atoms with Crippen molar-refractivity contribution in [1.29, 1.82) is 0 Å². The molecule has 5 heteroatoms. The fourth-order valence-electron chi connectivity index (χ4n) is 2.11. The molecule has 0 amide bonds. The van der Waals surface area contributed by atoms with Gasteiger partial charge in [0.25, 0.3) is 0 Å². The Morgan fingerprint density at radius 1 is 1.37 bits per heavy atom. The van der Waals surface area contributed by atoms with Crippen LogP contribution in [0.3, 0.4) is 0 Å². The van der Waals surface area contributed by atoms with Crippen LogP contribution in [0.15, 0.2) is 18.2 Å². The minimum absolute atomic E-state index is 0.0573. The summed E-state index contributed by atoms with van der Waals surface area (Å²) in [7, 11) is 1.44. The van der Waals surface area contributed by atoms with Gasteiger partial charge in [0.15, 0.2) is 11.6 Å². The van der Waals surface area contributed by atoms with Gasteiger partial charge in [-0.05, 0) is 19.9 Å². The lowest BCUT2D eigenvalue weighted by Crippen LogP contribution is -2.07. The third-order valence-electron chi connectivity index (χ3n) is 3.27. The zero-order valence-corrected chi connectivity index (χ0v) is 11.3. The Kier molecular flexibility index (Phi) is 3.85. The van der Waals surface area contributed by atoms with Crippen molar-refractivity contribution in [1.82, 2.24) is 9.78 Å². The van der Waals surface area contributed by atoms with Crippen LogP contribution in [0.25, 0.3) is 0 Å². The second-order valence-electron chi connectivity index (χ2n) is 4.40. The second-order valence-corrected chi connectivity index (χ2v) is 4.40. The van der Waals surface area contributed by atoms with Crippen LogP contribution < -0.4 is 4.74 Å². The number of aromatic nitrogens is 2. The van der Waals surface area contributed by atoms with Crippen LogP contribution in [-0.4, -0.2) is 22.0 Å². The van der Waals surface area contributed by atoms with E-state index in [4.69, 9.17) is 4.74 Å². The molecular formula is C14H17FN2O2. The van der Waals surface area contributed by atoms with Crippen molar-refractivity contribution in [2.45, 2.75) is 27.0 Å². The molecule has 19 heavy (non-hydrogen) atoms. The first-order valence-electron chi connectivity index (χ1n) is 6.03. The summed E-state index contributed by atoms with van der Waals surface area (Å²) in [4.78, 5) is 0. The molecule has 1 aromatic heterocycles. The number of halogens is 1. The van der Waals surface area contributed by atoms with Gasteiger partial charge < -0.3 is 9.84 Å². The van der Waals surface area contributed by atoms with Crippen LogP contribution in [0.2, 0.25) is 0 Å². The van der Waals surface area contributed by atoms with Crippen molar-refractivity contribution in [2.75, 3.05) is 7.11 Å². The molecular weight excluding hydrogens is 247 g/mol. The predicted molar refractivity (Wildman–Crippen MR) is 69.7 cm³/mol. The summed E-state index contributed by atoms with van der Waals surface area (Å²) < 4.78 is 20.7. The van der Waals surface area contributed by atoms with Crippen molar-refractivity contribution < 1.29 is 14.2 Å². The standard InChI is InChI=1S/C14H17FN2O2/c1-9-12(8-18)10(2)17(16-9)7-11-5-4-6-13(19-3)14(11)15/h4-6,18H,7-8H2,1-3H3. The fraction of sp³-hybridized carbons (Fsp3) is 0.357. The highest BCUT2D eigenvalue weighted by atomic mass is 19.1. The average molecular weight is 264 g/mol. The highest BCUT2D eigenvalue weighted by Crippen LogP contribution is 2.22. The molecule has 4 nitrogen and oxygen atoms in total. The Morgan fingerprint density at radius 3 is 2.68 bits per heavy atom. The van der Waals surface area contributed by atoms with Crippen LogP contribution in [0.5, 0.6) is 5.75 Å². The van der Waals surface area contributed by atoms with Crippen LogP contribution in [-0.2, 0) is 13.2 Å². The molecule has 0 bridgehead atoms. The van der Waals surface area contributed by atoms with Crippen LogP contribution >= 0.6 is 0 Å². The van der Waals surface area contributed by atoms with Crippen molar-refractivity contribution in [3.63, 3.8) is 0 Å². The number of methoxy groups -OCH3 is 1. The molecule has 0 aliphatic carbocycles. The van der Waals surface area contributed by atoms with E-state index in [0.29, 0.717) is 12.1 Å². The zero-order chi connectivity index (χ0) is 14.0. The molecule has 0 radical (unpaired) electrons. The molecule has 0 unspecified atom stereocenters. The quantitative estimate of drug-likeness (QED) is 0.920. The molecule has 0 aliphatic heterocycles. The molecule has 1 N–H and O–H groups in total. The van der Waals surface area contributed by atoms with Gasteiger partial charge in [-0.15, -0.1) is 0 Å². The number of benzene rings is 1. The SMILES string of the molecule is COc1cccc(Cn2nc(C)c(CO)c2C)c1F. The number of ether oxygens (including phenoxy) is 1. The minimum Gasteiger partial charge on any atom is -0.494 e. The first-order chi connectivity index (χ1) is 9.08. The smallest absolute Gasteiger partial charge is 0.170 e. The molecule has 0 spiro atoms. The second kappa shape index (κ2) is 5.40. The van der Waals surface area contributed by atoms with Crippen LogP contribution in [0.1, 0.15) is 22.5 Å². The summed E-state index contributed by atoms with van der Waals surface area (Å²) in [5, 5.41) is 13.6. The number of aryl methyl sites for hydroxylation is 1. The van der Waals surface area contributed by atoms with E-state index in [1.54, 1.807) is 22.9 Å². The Morgan fingerprint density at radius 2 is 2.11 bits per heavy atom. The maximum absolute atomic E-state index is 14.1. The van der Waals surface area contributed by atoms with E-state index in [1.807, 2.05) is 13.8 Å². The zero-order valence-electron chi connectivity index (χ0n) is 11.3. The van der Waals surface area contributed by atoms with Gasteiger partial charge >= 0.3 is 0 Å². The van der Waals surface area contributed by atoms with Crippen molar-refractivity contribution in [3.05, 3.63) is 46.5 Å². The molecule has 2 aromatic rings. The Labute approximate surface area is 111 Å². The van der Waals surface area contributed by atoms with E-state index in [0.717, 1.165) is 17.0 Å². The summed E-state index contributed by atoms with van der Waals surface area (Å²) in [6.45, 7) is 3.95. The Balaban J connectivity index is 2.37. The van der Waals surface area contributed by atoms with Crippen molar-refractivity contribution in [2.24, 2.45) is 0 Å². The van der Waals surface area contributed by atoms with Crippen LogP contribution in [0.4, 0.5) is 4.39 Å². The maximum atomic E-state index is 14.1. The highest BCUT2D eigenvalue weighted by Gasteiger charge is 2.14. The van der Waals surface area contributed by atoms with E-state index < -0.39 is 0 Å². The lowest BCUT2D eigenvalue weighted by atomic mass is 10.2. The number of hydrogen-bond acceptors (Lipinski definition) is 3. The number of hydrogen-bond donors (Lipinski definition) is 1. The van der Waals surface area contributed by atoms with Gasteiger partial charge in [0.2, 0.25) is 0 Å². The molecule has 0 fully saturated rings. The van der Waals surface area contributed by atoms with E-state index in [1.165, 1.54) is 7.11 Å². The number of nitrogens with zero attached hydrogens (tertiary/aromatic N) is 2. The van der Waals surface area contributed by atoms with E-state index >= 15 is 0 Å². The first kappa shape index (κ1) is 13.5. The molecule has 102 valence electrons. The summed E-state index contributed by atoms with van der Waals surface area (Å²) >= 11 is 0. The third kappa shape index (κ3) is 2.46. The van der Waals surface area contributed by atoms with Crippen molar-refractivity contribution >= 4 is 0 Å². The molecule has 0 atom stereocenters. The van der Waals surface area contributed by atoms with Gasteiger partial charge in [-0.1, -0.05) is 12.1 Å². The van der Waals surface area contributed by atoms with Gasteiger partial charge in [-0.3, -0.25) is 4.68 Å². The number of rotatable bonds is 4. The van der Waals surface area contributed by atoms with Gasteiger partial charge in [0, 0.05) is 16.8 Å². The van der Waals surface area contributed by atoms with Gasteiger partial charge in [-0.2, -0.15) is 5.10 Å². The molecule has 2 rings (SSSR count). The lowest BCUT2D eigenvalue weighted by molar-refractivity contribution is 0.280. The number of aliphatic hydroxyl groups is 1. The maximum Gasteiger partial charge on any atom is 0.170 e. The molecule has 0 saturated carbocycles. The van der Waals surface area contributed by atoms with E-state index in [-0.39, 0.29) is 18.2 Å². The largest absolute Gasteiger partial charge is 0.494 e. The third-order valence-corrected chi connectivity index (χ3v) is 3.27. The summed E-state index contributed by atoms with van der Waals surface area (Å²) in [5.74, 6) is -0.149. The Bertz CT molecular complexity index is 593. The number of aliphatic hydroxyl groups excluding tert-OH is 1.